The largest absolute Gasteiger partial charge is 0.465 e. The summed E-state index contributed by atoms with van der Waals surface area (Å²) in [5, 5.41) is 3.97. The Morgan fingerprint density at radius 2 is 1.73 bits per heavy atom. The zero-order valence-electron chi connectivity index (χ0n) is 17.4. The van der Waals surface area contributed by atoms with Crippen LogP contribution in [-0.2, 0) is 9.53 Å². The highest BCUT2D eigenvalue weighted by Crippen LogP contribution is 2.25. The van der Waals surface area contributed by atoms with E-state index in [0.717, 1.165) is 11.8 Å². The van der Waals surface area contributed by atoms with Crippen molar-refractivity contribution in [3.63, 3.8) is 0 Å². The van der Waals surface area contributed by atoms with E-state index < -0.39 is 5.97 Å². The highest BCUT2D eigenvalue weighted by Gasteiger charge is 2.16. The summed E-state index contributed by atoms with van der Waals surface area (Å²) < 4.78 is 6.09. The van der Waals surface area contributed by atoms with E-state index in [4.69, 9.17) is 11.6 Å². The van der Waals surface area contributed by atoms with E-state index >= 15 is 0 Å². The third-order valence-electron chi connectivity index (χ3n) is 4.76. The maximum absolute atomic E-state index is 13.3. The Morgan fingerprint density at radius 1 is 1.03 bits per heavy atom. The summed E-state index contributed by atoms with van der Waals surface area (Å²) in [7, 11) is 1.30. The second kappa shape index (κ2) is 9.89. The van der Waals surface area contributed by atoms with Gasteiger partial charge in [0.15, 0.2) is 5.16 Å². The number of carbonyl (C=O) groups excluding carboxylic acids is 2. The van der Waals surface area contributed by atoms with Crippen molar-refractivity contribution >= 4 is 51.8 Å². The van der Waals surface area contributed by atoms with Gasteiger partial charge in [0.1, 0.15) is 0 Å². The van der Waals surface area contributed by atoms with Crippen LogP contribution >= 0.6 is 23.4 Å². The molecule has 7 nitrogen and oxygen atoms in total. The Balaban J connectivity index is 1.60. The lowest BCUT2D eigenvalue weighted by Gasteiger charge is -2.14. The van der Waals surface area contributed by atoms with Crippen LogP contribution in [0.15, 0.2) is 82.7 Å². The van der Waals surface area contributed by atoms with Crippen LogP contribution in [0.3, 0.4) is 0 Å². The minimum absolute atomic E-state index is 0.00792. The molecule has 0 saturated heterocycles. The zero-order valence-corrected chi connectivity index (χ0v) is 19.0. The standard InChI is InChI=1S/C24H18ClN3O4S/c1-32-23(31)15-10-12-16(13-11-15)26-21(29)14-33-24-27-19-8-4-2-6-17(19)22(30)28(24)20-9-5-3-7-18(20)25/h2-13H,14H2,1H3,(H,26,29). The number of hydrogen-bond acceptors (Lipinski definition) is 6. The third-order valence-corrected chi connectivity index (χ3v) is 6.02. The number of rotatable bonds is 6. The van der Waals surface area contributed by atoms with Crippen molar-refractivity contribution in [2.45, 2.75) is 5.16 Å². The number of esters is 1. The molecule has 0 atom stereocenters. The number of nitrogens with one attached hydrogen (secondary N) is 1. The number of ether oxygens (including phenoxy) is 1. The Bertz CT molecular complexity index is 1400. The maximum atomic E-state index is 13.3. The number of para-hydroxylation sites is 2. The molecular formula is C24H18ClN3O4S. The molecule has 33 heavy (non-hydrogen) atoms. The number of thioether (sulfide) groups is 1. The van der Waals surface area contributed by atoms with Crippen LogP contribution in [0.1, 0.15) is 10.4 Å². The molecule has 0 aliphatic heterocycles. The van der Waals surface area contributed by atoms with Gasteiger partial charge >= 0.3 is 5.97 Å². The minimum atomic E-state index is -0.455. The SMILES string of the molecule is COC(=O)c1ccc(NC(=O)CSc2nc3ccccc3c(=O)n2-c2ccccc2Cl)cc1. The Morgan fingerprint density at radius 3 is 2.45 bits per heavy atom. The second-order valence-electron chi connectivity index (χ2n) is 6.91. The Kier molecular flexibility index (Phi) is 6.76. The summed E-state index contributed by atoms with van der Waals surface area (Å²) in [6.45, 7) is 0. The number of halogens is 1. The molecule has 166 valence electrons. The summed E-state index contributed by atoms with van der Waals surface area (Å²) in [6.07, 6.45) is 0. The van der Waals surface area contributed by atoms with Crippen molar-refractivity contribution in [1.82, 2.24) is 9.55 Å². The van der Waals surface area contributed by atoms with Crippen LogP contribution < -0.4 is 10.9 Å². The fraction of sp³-hybridized carbons (Fsp3) is 0.0833. The molecule has 0 unspecified atom stereocenters. The highest BCUT2D eigenvalue weighted by atomic mass is 35.5. The highest BCUT2D eigenvalue weighted by molar-refractivity contribution is 7.99. The number of amides is 1. The summed E-state index contributed by atoms with van der Waals surface area (Å²) >= 11 is 7.49. The molecule has 0 fully saturated rings. The van der Waals surface area contributed by atoms with Gasteiger partial charge in [-0.05, 0) is 48.5 Å². The first-order valence-corrected chi connectivity index (χ1v) is 11.2. The first-order chi connectivity index (χ1) is 16.0. The van der Waals surface area contributed by atoms with E-state index in [9.17, 15) is 14.4 Å². The zero-order chi connectivity index (χ0) is 23.4. The quantitative estimate of drug-likeness (QED) is 0.248. The number of carbonyl (C=O) groups is 2. The second-order valence-corrected chi connectivity index (χ2v) is 8.26. The number of methoxy groups -OCH3 is 1. The van der Waals surface area contributed by atoms with Crippen LogP contribution in [0.4, 0.5) is 5.69 Å². The van der Waals surface area contributed by atoms with E-state index in [0.29, 0.717) is 38.0 Å². The molecule has 0 spiro atoms. The van der Waals surface area contributed by atoms with Gasteiger partial charge in [0.2, 0.25) is 5.91 Å². The van der Waals surface area contributed by atoms with Crippen LogP contribution in [0.25, 0.3) is 16.6 Å². The first kappa shape index (κ1) is 22.6. The van der Waals surface area contributed by atoms with Gasteiger partial charge in [0.05, 0.1) is 40.0 Å². The Hall–Kier alpha value is -3.62. The van der Waals surface area contributed by atoms with Gasteiger partial charge in [-0.15, -0.1) is 0 Å². The van der Waals surface area contributed by atoms with Crippen molar-refractivity contribution < 1.29 is 14.3 Å². The van der Waals surface area contributed by atoms with E-state index in [1.54, 1.807) is 72.8 Å². The number of fused-ring (bicyclic) bond motifs is 1. The maximum Gasteiger partial charge on any atom is 0.337 e. The molecule has 1 N–H and O–H groups in total. The lowest BCUT2D eigenvalue weighted by Crippen LogP contribution is -2.23. The third kappa shape index (κ3) is 4.92. The van der Waals surface area contributed by atoms with Crippen molar-refractivity contribution in [2.75, 3.05) is 18.2 Å². The molecule has 0 saturated carbocycles. The topological polar surface area (TPSA) is 90.3 Å². The smallest absolute Gasteiger partial charge is 0.337 e. The van der Waals surface area contributed by atoms with Crippen LogP contribution in [0.2, 0.25) is 5.02 Å². The molecule has 4 rings (SSSR count). The predicted molar refractivity (Wildman–Crippen MR) is 129 cm³/mol. The van der Waals surface area contributed by atoms with E-state index in [1.807, 2.05) is 0 Å². The van der Waals surface area contributed by atoms with Gasteiger partial charge in [0, 0.05) is 5.69 Å². The van der Waals surface area contributed by atoms with Crippen molar-refractivity contribution in [2.24, 2.45) is 0 Å². The fourth-order valence-corrected chi connectivity index (χ4v) is 4.22. The number of nitrogens with zero attached hydrogens (tertiary/aromatic N) is 2. The lowest BCUT2D eigenvalue weighted by molar-refractivity contribution is -0.113. The number of aromatic nitrogens is 2. The first-order valence-electron chi connectivity index (χ1n) is 9.85. The lowest BCUT2D eigenvalue weighted by atomic mass is 10.2. The number of benzene rings is 3. The average molecular weight is 480 g/mol. The summed E-state index contributed by atoms with van der Waals surface area (Å²) in [4.78, 5) is 42.0. The van der Waals surface area contributed by atoms with Gasteiger partial charge in [-0.1, -0.05) is 47.6 Å². The summed E-state index contributed by atoms with van der Waals surface area (Å²) in [5.41, 5.74) is 1.67. The molecular weight excluding hydrogens is 462 g/mol. The summed E-state index contributed by atoms with van der Waals surface area (Å²) in [6, 6.07) is 20.4. The van der Waals surface area contributed by atoms with Crippen LogP contribution in [-0.4, -0.2) is 34.3 Å². The molecule has 0 aliphatic rings. The van der Waals surface area contributed by atoms with E-state index in [2.05, 4.69) is 15.0 Å². The van der Waals surface area contributed by atoms with Crippen LogP contribution in [0, 0.1) is 0 Å². The fourth-order valence-electron chi connectivity index (χ4n) is 3.19. The average Bonchev–Trinajstić information content (AvgIpc) is 2.83. The minimum Gasteiger partial charge on any atom is -0.465 e. The van der Waals surface area contributed by atoms with Gasteiger partial charge in [-0.3, -0.25) is 14.2 Å². The van der Waals surface area contributed by atoms with Crippen molar-refractivity contribution in [3.05, 3.63) is 93.7 Å². The molecule has 0 aliphatic carbocycles. The predicted octanol–water partition coefficient (Wildman–Crippen LogP) is 4.56. The molecule has 9 heteroatoms. The molecule has 1 aromatic heterocycles. The van der Waals surface area contributed by atoms with Crippen molar-refractivity contribution in [3.8, 4) is 5.69 Å². The normalized spacial score (nSPS) is 10.7. The van der Waals surface area contributed by atoms with Gasteiger partial charge in [0.25, 0.3) is 5.56 Å². The molecule has 0 bridgehead atoms. The van der Waals surface area contributed by atoms with Crippen LogP contribution in [0.5, 0.6) is 0 Å². The van der Waals surface area contributed by atoms with Gasteiger partial charge in [-0.25, -0.2) is 9.78 Å². The molecule has 1 heterocycles. The number of hydrogen-bond donors (Lipinski definition) is 1. The van der Waals surface area contributed by atoms with Gasteiger partial charge in [-0.2, -0.15) is 0 Å². The molecule has 0 radical (unpaired) electrons. The van der Waals surface area contributed by atoms with E-state index in [-0.39, 0.29) is 17.2 Å². The molecule has 3 aromatic carbocycles. The van der Waals surface area contributed by atoms with Gasteiger partial charge < -0.3 is 10.1 Å². The summed E-state index contributed by atoms with van der Waals surface area (Å²) in [5.74, 6) is -0.740. The molecule has 4 aromatic rings. The number of anilines is 1. The van der Waals surface area contributed by atoms with E-state index in [1.165, 1.54) is 11.7 Å². The Labute approximate surface area is 198 Å². The molecule has 1 amide bonds. The van der Waals surface area contributed by atoms with Crippen molar-refractivity contribution in [1.29, 1.82) is 0 Å². The monoisotopic (exact) mass is 479 g/mol.